The molecule has 0 aliphatic carbocycles. The predicted molar refractivity (Wildman–Crippen MR) is 76.3 cm³/mol. The van der Waals surface area contributed by atoms with Gasteiger partial charge in [-0.05, 0) is 18.6 Å². The summed E-state index contributed by atoms with van der Waals surface area (Å²) in [5.74, 6) is -0.0946. The molecule has 1 rings (SSSR count). The van der Waals surface area contributed by atoms with Gasteiger partial charge in [-0.15, -0.1) is 0 Å². The van der Waals surface area contributed by atoms with Gasteiger partial charge in [0, 0.05) is 12.0 Å². The molecule has 18 heavy (non-hydrogen) atoms. The summed E-state index contributed by atoms with van der Waals surface area (Å²) in [4.78, 5) is 11.4. The molecule has 0 saturated carbocycles. The second-order valence-electron chi connectivity index (χ2n) is 3.89. The lowest BCUT2D eigenvalue weighted by Crippen LogP contribution is -2.16. The van der Waals surface area contributed by atoms with Gasteiger partial charge in [0.2, 0.25) is 5.91 Å². The van der Waals surface area contributed by atoms with Crippen molar-refractivity contribution in [2.75, 3.05) is 0 Å². The second kappa shape index (κ2) is 8.11. The maximum atomic E-state index is 11.4. The molecule has 5 heteroatoms. The van der Waals surface area contributed by atoms with E-state index in [-0.39, 0.29) is 5.91 Å². The Balaban J connectivity index is 2.47. The Labute approximate surface area is 117 Å². The van der Waals surface area contributed by atoms with Gasteiger partial charge in [-0.1, -0.05) is 49.0 Å². The number of carbonyl (C=O) groups is 1. The third-order valence-electron chi connectivity index (χ3n) is 2.39. The molecule has 1 aromatic rings. The molecule has 0 radical (unpaired) electrons. The number of hydrogen-bond acceptors (Lipinski definition) is 2. The fourth-order valence-electron chi connectivity index (χ4n) is 1.39. The smallest absolute Gasteiger partial charge is 0.240 e. The van der Waals surface area contributed by atoms with Crippen LogP contribution in [0.25, 0.3) is 0 Å². The quantitative estimate of drug-likeness (QED) is 0.479. The second-order valence-corrected chi connectivity index (χ2v) is 4.70. The van der Waals surface area contributed by atoms with Crippen LogP contribution in [0.3, 0.4) is 0 Å². The first-order chi connectivity index (χ1) is 8.65. The van der Waals surface area contributed by atoms with E-state index in [1.165, 1.54) is 6.21 Å². The Morgan fingerprint density at radius 1 is 1.33 bits per heavy atom. The van der Waals surface area contributed by atoms with Crippen molar-refractivity contribution in [2.24, 2.45) is 5.10 Å². The number of benzene rings is 1. The maximum absolute atomic E-state index is 11.4. The number of hydrazone groups is 1. The van der Waals surface area contributed by atoms with Crippen LogP contribution in [0.4, 0.5) is 0 Å². The fourth-order valence-corrected chi connectivity index (χ4v) is 1.89. The van der Waals surface area contributed by atoms with Crippen molar-refractivity contribution >= 4 is 35.3 Å². The Bertz CT molecular complexity index is 413. The molecule has 1 amide bonds. The molecular formula is C13H16Cl2N2O. The van der Waals surface area contributed by atoms with E-state index in [9.17, 15) is 4.79 Å². The summed E-state index contributed by atoms with van der Waals surface area (Å²) in [5, 5.41) is 4.86. The predicted octanol–water partition coefficient (Wildman–Crippen LogP) is 4.02. The van der Waals surface area contributed by atoms with E-state index < -0.39 is 0 Å². The van der Waals surface area contributed by atoms with Gasteiger partial charge in [-0.25, -0.2) is 5.43 Å². The third kappa shape index (κ3) is 5.07. The number of hydrogen-bond donors (Lipinski definition) is 1. The Morgan fingerprint density at radius 3 is 2.61 bits per heavy atom. The Morgan fingerprint density at radius 2 is 2.00 bits per heavy atom. The maximum Gasteiger partial charge on any atom is 0.240 e. The molecule has 0 bridgehead atoms. The molecule has 0 spiro atoms. The van der Waals surface area contributed by atoms with Crippen LogP contribution < -0.4 is 5.43 Å². The number of unbranched alkanes of at least 4 members (excludes halogenated alkanes) is 2. The van der Waals surface area contributed by atoms with Gasteiger partial charge in [0.15, 0.2) is 0 Å². The Kier molecular flexibility index (Phi) is 6.76. The zero-order valence-corrected chi connectivity index (χ0v) is 11.8. The average molecular weight is 287 g/mol. The first kappa shape index (κ1) is 15.0. The van der Waals surface area contributed by atoms with E-state index >= 15 is 0 Å². The molecule has 3 nitrogen and oxygen atoms in total. The summed E-state index contributed by atoms with van der Waals surface area (Å²) in [5.41, 5.74) is 3.06. The molecule has 1 N–H and O–H groups in total. The van der Waals surface area contributed by atoms with E-state index in [2.05, 4.69) is 17.5 Å². The van der Waals surface area contributed by atoms with Crippen molar-refractivity contribution in [1.29, 1.82) is 0 Å². The van der Waals surface area contributed by atoms with Crippen LogP contribution >= 0.6 is 23.2 Å². The standard InChI is InChI=1S/C13H16Cl2N2O/c1-2-3-4-8-13(18)17-16-9-10-11(14)6-5-7-12(10)15/h5-7,9H,2-4,8H2,1H3,(H,17,18). The van der Waals surface area contributed by atoms with E-state index in [0.29, 0.717) is 22.0 Å². The van der Waals surface area contributed by atoms with Gasteiger partial charge < -0.3 is 0 Å². The minimum absolute atomic E-state index is 0.0946. The minimum Gasteiger partial charge on any atom is -0.273 e. The number of carbonyl (C=O) groups excluding carboxylic acids is 1. The molecule has 0 aromatic heterocycles. The highest BCUT2D eigenvalue weighted by Gasteiger charge is 2.02. The number of amides is 1. The van der Waals surface area contributed by atoms with Crippen molar-refractivity contribution in [2.45, 2.75) is 32.6 Å². The normalized spacial score (nSPS) is 10.8. The molecule has 0 aliphatic rings. The summed E-state index contributed by atoms with van der Waals surface area (Å²) in [6.07, 6.45) is 4.97. The summed E-state index contributed by atoms with van der Waals surface area (Å²) in [7, 11) is 0. The van der Waals surface area contributed by atoms with Gasteiger partial charge >= 0.3 is 0 Å². The Hall–Kier alpha value is -1.06. The van der Waals surface area contributed by atoms with Crippen LogP contribution in [0, 0.1) is 0 Å². The van der Waals surface area contributed by atoms with Crippen molar-refractivity contribution in [3.05, 3.63) is 33.8 Å². The zero-order chi connectivity index (χ0) is 13.4. The van der Waals surface area contributed by atoms with Gasteiger partial charge in [0.1, 0.15) is 0 Å². The van der Waals surface area contributed by atoms with Gasteiger partial charge in [0.05, 0.1) is 16.3 Å². The summed E-state index contributed by atoms with van der Waals surface area (Å²) in [6, 6.07) is 5.20. The van der Waals surface area contributed by atoms with Crippen molar-refractivity contribution in [3.63, 3.8) is 0 Å². The lowest BCUT2D eigenvalue weighted by molar-refractivity contribution is -0.121. The summed E-state index contributed by atoms with van der Waals surface area (Å²) < 4.78 is 0. The fraction of sp³-hybridized carbons (Fsp3) is 0.385. The minimum atomic E-state index is -0.0946. The topological polar surface area (TPSA) is 41.5 Å². The van der Waals surface area contributed by atoms with Crippen LogP contribution in [-0.4, -0.2) is 12.1 Å². The molecule has 0 fully saturated rings. The number of nitrogens with one attached hydrogen (secondary N) is 1. The lowest BCUT2D eigenvalue weighted by Gasteiger charge is -2.01. The van der Waals surface area contributed by atoms with Crippen molar-refractivity contribution in [1.82, 2.24) is 5.43 Å². The number of nitrogens with zero attached hydrogens (tertiary/aromatic N) is 1. The average Bonchev–Trinajstić information content (AvgIpc) is 2.33. The highest BCUT2D eigenvalue weighted by molar-refractivity contribution is 6.38. The van der Waals surface area contributed by atoms with Crippen LogP contribution in [0.15, 0.2) is 23.3 Å². The third-order valence-corrected chi connectivity index (χ3v) is 3.05. The largest absolute Gasteiger partial charge is 0.273 e. The molecule has 98 valence electrons. The number of rotatable bonds is 6. The van der Waals surface area contributed by atoms with Crippen LogP contribution in [0.1, 0.15) is 38.2 Å². The van der Waals surface area contributed by atoms with Crippen LogP contribution in [-0.2, 0) is 4.79 Å². The van der Waals surface area contributed by atoms with Gasteiger partial charge in [-0.3, -0.25) is 4.79 Å². The first-order valence-electron chi connectivity index (χ1n) is 5.91. The van der Waals surface area contributed by atoms with E-state index in [1.54, 1.807) is 18.2 Å². The summed E-state index contributed by atoms with van der Waals surface area (Å²) >= 11 is 11.9. The van der Waals surface area contributed by atoms with E-state index in [1.807, 2.05) is 0 Å². The molecular weight excluding hydrogens is 271 g/mol. The molecule has 0 heterocycles. The monoisotopic (exact) mass is 286 g/mol. The molecule has 0 atom stereocenters. The van der Waals surface area contributed by atoms with E-state index in [4.69, 9.17) is 23.2 Å². The first-order valence-corrected chi connectivity index (χ1v) is 6.66. The van der Waals surface area contributed by atoms with Crippen molar-refractivity contribution in [3.8, 4) is 0 Å². The molecule has 1 aromatic carbocycles. The molecule has 0 aliphatic heterocycles. The van der Waals surface area contributed by atoms with Crippen LogP contribution in [0.2, 0.25) is 10.0 Å². The van der Waals surface area contributed by atoms with Gasteiger partial charge in [-0.2, -0.15) is 5.10 Å². The zero-order valence-electron chi connectivity index (χ0n) is 10.2. The number of halogens is 2. The highest BCUT2D eigenvalue weighted by atomic mass is 35.5. The molecule has 0 unspecified atom stereocenters. The SMILES string of the molecule is CCCCCC(=O)NN=Cc1c(Cl)cccc1Cl. The van der Waals surface area contributed by atoms with Crippen LogP contribution in [0.5, 0.6) is 0 Å². The highest BCUT2D eigenvalue weighted by Crippen LogP contribution is 2.21. The van der Waals surface area contributed by atoms with Crippen molar-refractivity contribution < 1.29 is 4.79 Å². The molecule has 0 saturated heterocycles. The summed E-state index contributed by atoms with van der Waals surface area (Å²) in [6.45, 7) is 2.09. The van der Waals surface area contributed by atoms with E-state index in [0.717, 1.165) is 19.3 Å². The lowest BCUT2D eigenvalue weighted by atomic mass is 10.2. The van der Waals surface area contributed by atoms with Gasteiger partial charge in [0.25, 0.3) is 0 Å².